The summed E-state index contributed by atoms with van der Waals surface area (Å²) in [5, 5.41) is 9.75. The lowest BCUT2D eigenvalue weighted by atomic mass is 10.2. The molecule has 0 radical (unpaired) electrons. The van der Waals surface area contributed by atoms with Gasteiger partial charge in [0.2, 0.25) is 0 Å². The van der Waals surface area contributed by atoms with Crippen LogP contribution in [-0.4, -0.2) is 20.8 Å². The van der Waals surface area contributed by atoms with Crippen LogP contribution >= 0.6 is 0 Å². The number of amides is 2. The molecule has 6 nitrogen and oxygen atoms in total. The van der Waals surface area contributed by atoms with Crippen LogP contribution in [0, 0.1) is 6.92 Å². The van der Waals surface area contributed by atoms with Crippen molar-refractivity contribution in [2.75, 3.05) is 5.32 Å². The molecule has 2 amide bonds. The van der Waals surface area contributed by atoms with Gasteiger partial charge in [-0.3, -0.25) is 15.0 Å². The Morgan fingerprint density at radius 2 is 2.21 bits per heavy atom. The zero-order valence-corrected chi connectivity index (χ0v) is 11.2. The van der Waals surface area contributed by atoms with Gasteiger partial charge in [-0.05, 0) is 26.0 Å². The number of hydrogen-bond acceptors (Lipinski definition) is 3. The summed E-state index contributed by atoms with van der Waals surface area (Å²) in [5.41, 5.74) is 1.68. The molecule has 0 fully saturated rings. The number of pyridine rings is 1. The summed E-state index contributed by atoms with van der Waals surface area (Å²) in [6.45, 7) is 3.76. The van der Waals surface area contributed by atoms with Crippen molar-refractivity contribution in [2.24, 2.45) is 7.05 Å². The number of aryl methyl sites for hydroxylation is 2. The van der Waals surface area contributed by atoms with E-state index in [9.17, 15) is 4.79 Å². The van der Waals surface area contributed by atoms with E-state index in [1.54, 1.807) is 17.9 Å². The van der Waals surface area contributed by atoms with Gasteiger partial charge in [-0.15, -0.1) is 0 Å². The second-order valence-corrected chi connectivity index (χ2v) is 4.37. The van der Waals surface area contributed by atoms with Crippen molar-refractivity contribution in [3.8, 4) is 0 Å². The first kappa shape index (κ1) is 13.1. The van der Waals surface area contributed by atoms with E-state index in [1.165, 1.54) is 0 Å². The highest BCUT2D eigenvalue weighted by molar-refractivity contribution is 5.88. The number of nitrogens with one attached hydrogen (secondary N) is 2. The Morgan fingerprint density at radius 3 is 2.79 bits per heavy atom. The maximum atomic E-state index is 11.9. The molecule has 19 heavy (non-hydrogen) atoms. The van der Waals surface area contributed by atoms with E-state index in [-0.39, 0.29) is 12.1 Å². The van der Waals surface area contributed by atoms with Gasteiger partial charge in [-0.2, -0.15) is 5.10 Å². The molecule has 0 aliphatic heterocycles. The maximum absolute atomic E-state index is 11.9. The van der Waals surface area contributed by atoms with Crippen LogP contribution in [0.1, 0.15) is 24.4 Å². The quantitative estimate of drug-likeness (QED) is 0.885. The van der Waals surface area contributed by atoms with Crippen LogP contribution in [0.3, 0.4) is 0 Å². The summed E-state index contributed by atoms with van der Waals surface area (Å²) in [6.07, 6.45) is 1.70. The highest BCUT2D eigenvalue weighted by Gasteiger charge is 2.11. The average molecular weight is 259 g/mol. The summed E-state index contributed by atoms with van der Waals surface area (Å²) >= 11 is 0. The van der Waals surface area contributed by atoms with Gasteiger partial charge in [0.1, 0.15) is 5.82 Å². The van der Waals surface area contributed by atoms with Crippen molar-refractivity contribution in [1.82, 2.24) is 20.1 Å². The van der Waals surface area contributed by atoms with Crippen molar-refractivity contribution in [3.05, 3.63) is 41.9 Å². The Kier molecular flexibility index (Phi) is 3.79. The molecule has 0 aliphatic rings. The molecule has 0 spiro atoms. The van der Waals surface area contributed by atoms with Crippen molar-refractivity contribution >= 4 is 11.8 Å². The zero-order chi connectivity index (χ0) is 13.8. The van der Waals surface area contributed by atoms with Crippen LogP contribution in [-0.2, 0) is 7.05 Å². The Morgan fingerprint density at radius 1 is 1.42 bits per heavy atom. The van der Waals surface area contributed by atoms with Gasteiger partial charge in [0.15, 0.2) is 0 Å². The average Bonchev–Trinajstić information content (AvgIpc) is 2.68. The number of urea groups is 1. The van der Waals surface area contributed by atoms with Crippen molar-refractivity contribution in [2.45, 2.75) is 19.9 Å². The minimum Gasteiger partial charge on any atom is -0.330 e. The fourth-order valence-electron chi connectivity index (χ4n) is 1.78. The highest BCUT2D eigenvalue weighted by Crippen LogP contribution is 2.10. The number of carbonyl (C=O) groups excluding carboxylic acids is 1. The van der Waals surface area contributed by atoms with Gasteiger partial charge in [-0.1, -0.05) is 6.07 Å². The molecular weight excluding hydrogens is 242 g/mol. The molecule has 0 aromatic carbocycles. The van der Waals surface area contributed by atoms with Gasteiger partial charge in [0.25, 0.3) is 0 Å². The summed E-state index contributed by atoms with van der Waals surface area (Å²) in [5.74, 6) is 0.656. The lowest BCUT2D eigenvalue weighted by Gasteiger charge is -2.13. The molecule has 0 saturated carbocycles. The SMILES string of the molecule is Cc1cc(NC(=O)N[C@H](C)c2ccccn2)n(C)n1. The fraction of sp³-hybridized carbons (Fsp3) is 0.308. The lowest BCUT2D eigenvalue weighted by molar-refractivity contribution is 0.249. The molecule has 6 heteroatoms. The predicted molar refractivity (Wildman–Crippen MR) is 72.8 cm³/mol. The minimum absolute atomic E-state index is 0.157. The standard InChI is InChI=1S/C13H17N5O/c1-9-8-12(18(3)17-9)16-13(19)15-10(2)11-6-4-5-7-14-11/h4-8,10H,1-3H3,(H2,15,16,19)/t10-/m1/s1. The van der Waals surface area contributed by atoms with Crippen LogP contribution < -0.4 is 10.6 Å². The summed E-state index contributed by atoms with van der Waals surface area (Å²) < 4.78 is 1.63. The predicted octanol–water partition coefficient (Wildman–Crippen LogP) is 2.01. The first-order valence-corrected chi connectivity index (χ1v) is 6.05. The Bertz CT molecular complexity index is 564. The molecule has 1 atom stereocenters. The van der Waals surface area contributed by atoms with Crippen molar-refractivity contribution in [3.63, 3.8) is 0 Å². The zero-order valence-electron chi connectivity index (χ0n) is 11.2. The van der Waals surface area contributed by atoms with Crippen LogP contribution in [0.2, 0.25) is 0 Å². The summed E-state index contributed by atoms with van der Waals surface area (Å²) in [7, 11) is 1.78. The molecule has 0 unspecified atom stereocenters. The first-order chi connectivity index (χ1) is 9.06. The molecule has 2 N–H and O–H groups in total. The van der Waals surface area contributed by atoms with Crippen LogP contribution in [0.15, 0.2) is 30.5 Å². The number of anilines is 1. The van der Waals surface area contributed by atoms with Crippen molar-refractivity contribution in [1.29, 1.82) is 0 Å². The Hall–Kier alpha value is -2.37. The second-order valence-electron chi connectivity index (χ2n) is 4.37. The van der Waals surface area contributed by atoms with Gasteiger partial charge in [0.05, 0.1) is 17.4 Å². The molecule has 2 aromatic heterocycles. The molecule has 0 aliphatic carbocycles. The van der Waals surface area contributed by atoms with E-state index in [0.717, 1.165) is 11.4 Å². The smallest absolute Gasteiger partial charge is 0.320 e. The lowest BCUT2D eigenvalue weighted by Crippen LogP contribution is -2.32. The topological polar surface area (TPSA) is 71.8 Å². The van der Waals surface area contributed by atoms with Crippen LogP contribution in [0.5, 0.6) is 0 Å². The van der Waals surface area contributed by atoms with Gasteiger partial charge < -0.3 is 5.32 Å². The first-order valence-electron chi connectivity index (χ1n) is 6.05. The highest BCUT2D eigenvalue weighted by atomic mass is 16.2. The Labute approximate surface area is 111 Å². The van der Waals surface area contributed by atoms with Crippen LogP contribution in [0.25, 0.3) is 0 Å². The third kappa shape index (κ3) is 3.31. The van der Waals surface area contributed by atoms with Gasteiger partial charge in [0, 0.05) is 19.3 Å². The van der Waals surface area contributed by atoms with E-state index >= 15 is 0 Å². The van der Waals surface area contributed by atoms with Crippen molar-refractivity contribution < 1.29 is 4.79 Å². The fourth-order valence-corrected chi connectivity index (χ4v) is 1.78. The second kappa shape index (κ2) is 5.51. The third-order valence-corrected chi connectivity index (χ3v) is 2.72. The maximum Gasteiger partial charge on any atom is 0.320 e. The normalized spacial score (nSPS) is 11.9. The van der Waals surface area contributed by atoms with Gasteiger partial charge in [-0.25, -0.2) is 4.79 Å². The number of rotatable bonds is 3. The van der Waals surface area contributed by atoms with E-state index < -0.39 is 0 Å². The monoisotopic (exact) mass is 259 g/mol. The summed E-state index contributed by atoms with van der Waals surface area (Å²) in [6, 6.07) is 6.98. The molecule has 2 rings (SSSR count). The summed E-state index contributed by atoms with van der Waals surface area (Å²) in [4.78, 5) is 16.1. The van der Waals surface area contributed by atoms with E-state index in [0.29, 0.717) is 5.82 Å². The Balaban J connectivity index is 1.96. The minimum atomic E-state index is -0.277. The molecule has 0 bridgehead atoms. The van der Waals surface area contributed by atoms with E-state index in [4.69, 9.17) is 0 Å². The van der Waals surface area contributed by atoms with E-state index in [1.807, 2.05) is 38.1 Å². The van der Waals surface area contributed by atoms with Crippen LogP contribution in [0.4, 0.5) is 10.6 Å². The molecule has 2 heterocycles. The molecular formula is C13H17N5O. The third-order valence-electron chi connectivity index (χ3n) is 2.72. The number of carbonyl (C=O) groups is 1. The number of hydrogen-bond donors (Lipinski definition) is 2. The largest absolute Gasteiger partial charge is 0.330 e. The van der Waals surface area contributed by atoms with Gasteiger partial charge >= 0.3 is 6.03 Å². The molecule has 2 aromatic rings. The number of nitrogens with zero attached hydrogens (tertiary/aromatic N) is 3. The number of aromatic nitrogens is 3. The molecule has 0 saturated heterocycles. The van der Waals surface area contributed by atoms with E-state index in [2.05, 4.69) is 20.7 Å². The molecule has 100 valence electrons.